The predicted octanol–water partition coefficient (Wildman–Crippen LogP) is 4.43. The Kier molecular flexibility index (Phi) is 4.39. The van der Waals surface area contributed by atoms with Crippen LogP contribution in [0.4, 0.5) is 0 Å². The van der Waals surface area contributed by atoms with Gasteiger partial charge in [-0.2, -0.15) is 0 Å². The third-order valence-electron chi connectivity index (χ3n) is 3.89. The van der Waals surface area contributed by atoms with Crippen molar-refractivity contribution in [3.8, 4) is 5.75 Å². The van der Waals surface area contributed by atoms with Crippen LogP contribution in [0.5, 0.6) is 5.75 Å². The molecule has 0 saturated carbocycles. The first-order chi connectivity index (χ1) is 10.2. The van der Waals surface area contributed by atoms with Crippen molar-refractivity contribution in [1.29, 1.82) is 0 Å². The minimum atomic E-state index is 0.244. The lowest BCUT2D eigenvalue weighted by Gasteiger charge is -2.18. The molecule has 3 rings (SSSR count). The van der Waals surface area contributed by atoms with Crippen molar-refractivity contribution in [2.75, 3.05) is 13.7 Å². The van der Waals surface area contributed by atoms with E-state index in [0.29, 0.717) is 10.0 Å². The van der Waals surface area contributed by atoms with Gasteiger partial charge in [0.05, 0.1) is 16.7 Å². The van der Waals surface area contributed by atoms with Gasteiger partial charge in [0.25, 0.3) is 0 Å². The van der Waals surface area contributed by atoms with Crippen molar-refractivity contribution in [1.82, 2.24) is 5.32 Å². The number of fused-ring (bicyclic) bond motifs is 1. The summed E-state index contributed by atoms with van der Waals surface area (Å²) in [5, 5.41) is 4.57. The molecule has 2 aromatic rings. The summed E-state index contributed by atoms with van der Waals surface area (Å²) in [5.41, 5.74) is 3.73. The lowest BCUT2D eigenvalue weighted by Crippen LogP contribution is -2.19. The highest BCUT2D eigenvalue weighted by atomic mass is 35.5. The highest BCUT2D eigenvalue weighted by Crippen LogP contribution is 2.30. The molecule has 1 heterocycles. The molecule has 21 heavy (non-hydrogen) atoms. The zero-order chi connectivity index (χ0) is 14.8. The molecule has 0 amide bonds. The number of hydrogen-bond donors (Lipinski definition) is 1. The number of hydrogen-bond acceptors (Lipinski definition) is 2. The van der Waals surface area contributed by atoms with E-state index in [-0.39, 0.29) is 6.04 Å². The first-order valence-corrected chi connectivity index (χ1v) is 7.80. The molecule has 0 aromatic heterocycles. The Hall–Kier alpha value is -1.22. The van der Waals surface area contributed by atoms with E-state index in [4.69, 9.17) is 27.9 Å². The Bertz CT molecular complexity index is 657. The quantitative estimate of drug-likeness (QED) is 0.899. The van der Waals surface area contributed by atoms with E-state index < -0.39 is 0 Å². The standard InChI is InChI=1S/C17H17Cl2NO/c1-20-16(9-11-2-4-14(18)15(19)8-11)12-3-5-17-13(10-12)6-7-21-17/h2-5,8,10,16,20H,6-7,9H2,1H3. The largest absolute Gasteiger partial charge is 0.493 e. The minimum absolute atomic E-state index is 0.244. The van der Waals surface area contributed by atoms with Crippen LogP contribution in [0, 0.1) is 0 Å². The first kappa shape index (κ1) is 14.7. The maximum absolute atomic E-state index is 6.09. The van der Waals surface area contributed by atoms with Gasteiger partial charge >= 0.3 is 0 Å². The van der Waals surface area contributed by atoms with E-state index in [1.54, 1.807) is 0 Å². The molecule has 4 heteroatoms. The smallest absolute Gasteiger partial charge is 0.122 e. The number of halogens is 2. The lowest BCUT2D eigenvalue weighted by atomic mass is 9.97. The highest BCUT2D eigenvalue weighted by Gasteiger charge is 2.16. The zero-order valence-electron chi connectivity index (χ0n) is 11.8. The van der Waals surface area contributed by atoms with Crippen molar-refractivity contribution < 1.29 is 4.74 Å². The van der Waals surface area contributed by atoms with Crippen LogP contribution in [0.2, 0.25) is 10.0 Å². The third kappa shape index (κ3) is 3.18. The minimum Gasteiger partial charge on any atom is -0.493 e. The van der Waals surface area contributed by atoms with E-state index in [9.17, 15) is 0 Å². The van der Waals surface area contributed by atoms with Crippen LogP contribution in [-0.2, 0) is 12.8 Å². The zero-order valence-corrected chi connectivity index (χ0v) is 13.3. The van der Waals surface area contributed by atoms with Gasteiger partial charge in [0.1, 0.15) is 5.75 Å². The molecule has 0 bridgehead atoms. The normalized spacial score (nSPS) is 14.6. The molecule has 1 aliphatic rings. The van der Waals surface area contributed by atoms with Gasteiger partial charge in [0.2, 0.25) is 0 Å². The van der Waals surface area contributed by atoms with Crippen molar-refractivity contribution >= 4 is 23.2 Å². The average molecular weight is 322 g/mol. The molecule has 0 spiro atoms. The molecule has 0 aliphatic carbocycles. The number of benzene rings is 2. The van der Waals surface area contributed by atoms with Gasteiger partial charge in [-0.15, -0.1) is 0 Å². The molecular formula is C17H17Cl2NO. The Balaban J connectivity index is 1.83. The second-order valence-electron chi connectivity index (χ2n) is 5.26. The van der Waals surface area contributed by atoms with Gasteiger partial charge in [-0.3, -0.25) is 0 Å². The molecule has 2 aromatic carbocycles. The number of rotatable bonds is 4. The second-order valence-corrected chi connectivity index (χ2v) is 6.07. The summed E-state index contributed by atoms with van der Waals surface area (Å²) in [4.78, 5) is 0. The Morgan fingerprint density at radius 1 is 1.14 bits per heavy atom. The topological polar surface area (TPSA) is 21.3 Å². The SMILES string of the molecule is CNC(Cc1ccc(Cl)c(Cl)c1)c1ccc2c(c1)CCO2. The third-order valence-corrected chi connectivity index (χ3v) is 4.63. The summed E-state index contributed by atoms with van der Waals surface area (Å²) < 4.78 is 5.56. The van der Waals surface area contributed by atoms with Crippen molar-refractivity contribution in [2.24, 2.45) is 0 Å². The summed E-state index contributed by atoms with van der Waals surface area (Å²) in [6.45, 7) is 0.787. The molecular weight excluding hydrogens is 305 g/mol. The molecule has 0 saturated heterocycles. The van der Waals surface area contributed by atoms with Crippen LogP contribution in [0.1, 0.15) is 22.7 Å². The van der Waals surface area contributed by atoms with E-state index in [1.165, 1.54) is 16.7 Å². The molecule has 0 fully saturated rings. The summed E-state index contributed by atoms with van der Waals surface area (Å²) in [6.07, 6.45) is 1.86. The number of nitrogens with one attached hydrogen (secondary N) is 1. The second kappa shape index (κ2) is 6.27. The maximum atomic E-state index is 6.09. The van der Waals surface area contributed by atoms with E-state index in [2.05, 4.69) is 23.5 Å². The fraction of sp³-hybridized carbons (Fsp3) is 0.294. The summed E-state index contributed by atoms with van der Waals surface area (Å²) in [6, 6.07) is 12.5. The molecule has 1 aliphatic heterocycles. The van der Waals surface area contributed by atoms with Crippen LogP contribution in [0.3, 0.4) is 0 Å². The van der Waals surface area contributed by atoms with Gasteiger partial charge < -0.3 is 10.1 Å². The Morgan fingerprint density at radius 3 is 2.76 bits per heavy atom. The van der Waals surface area contributed by atoms with Gasteiger partial charge in [-0.25, -0.2) is 0 Å². The van der Waals surface area contributed by atoms with Crippen LogP contribution in [-0.4, -0.2) is 13.7 Å². The predicted molar refractivity (Wildman–Crippen MR) is 87.6 cm³/mol. The summed E-state index contributed by atoms with van der Waals surface area (Å²) in [7, 11) is 1.98. The Morgan fingerprint density at radius 2 is 2.00 bits per heavy atom. The average Bonchev–Trinajstić information content (AvgIpc) is 2.95. The molecule has 0 radical (unpaired) electrons. The molecule has 110 valence electrons. The van der Waals surface area contributed by atoms with Crippen molar-refractivity contribution in [3.05, 3.63) is 63.1 Å². The van der Waals surface area contributed by atoms with Crippen LogP contribution >= 0.6 is 23.2 Å². The number of likely N-dealkylation sites (N-methyl/N-ethyl adjacent to an activating group) is 1. The van der Waals surface area contributed by atoms with Crippen molar-refractivity contribution in [3.63, 3.8) is 0 Å². The molecule has 1 unspecified atom stereocenters. The monoisotopic (exact) mass is 321 g/mol. The van der Waals surface area contributed by atoms with Gasteiger partial charge in [-0.05, 0) is 48.4 Å². The molecule has 2 nitrogen and oxygen atoms in total. The van der Waals surface area contributed by atoms with Crippen molar-refractivity contribution in [2.45, 2.75) is 18.9 Å². The summed E-state index contributed by atoms with van der Waals surface area (Å²) in [5.74, 6) is 1.02. The lowest BCUT2D eigenvalue weighted by molar-refractivity contribution is 0.356. The molecule has 1 N–H and O–H groups in total. The maximum Gasteiger partial charge on any atom is 0.122 e. The van der Waals surface area contributed by atoms with E-state index >= 15 is 0 Å². The number of ether oxygens (including phenoxy) is 1. The summed E-state index contributed by atoms with van der Waals surface area (Å²) >= 11 is 12.1. The molecule has 1 atom stereocenters. The van der Waals surface area contributed by atoms with Gasteiger partial charge in [-0.1, -0.05) is 41.4 Å². The van der Waals surface area contributed by atoms with Gasteiger partial charge in [0, 0.05) is 12.5 Å². The van der Waals surface area contributed by atoms with Gasteiger partial charge in [0.15, 0.2) is 0 Å². The van der Waals surface area contributed by atoms with Crippen LogP contribution in [0.15, 0.2) is 36.4 Å². The first-order valence-electron chi connectivity index (χ1n) is 7.04. The van der Waals surface area contributed by atoms with E-state index in [1.807, 2.05) is 25.2 Å². The van der Waals surface area contributed by atoms with Crippen LogP contribution < -0.4 is 10.1 Å². The Labute approximate surface area is 135 Å². The fourth-order valence-corrected chi connectivity index (χ4v) is 3.03. The highest BCUT2D eigenvalue weighted by molar-refractivity contribution is 6.42. The van der Waals surface area contributed by atoms with E-state index in [0.717, 1.165) is 25.2 Å². The fourth-order valence-electron chi connectivity index (χ4n) is 2.71. The van der Waals surface area contributed by atoms with Crippen LogP contribution in [0.25, 0.3) is 0 Å².